The largest absolute Gasteiger partial charge is 0.477 e. The van der Waals surface area contributed by atoms with E-state index in [2.05, 4.69) is 4.98 Å². The van der Waals surface area contributed by atoms with Gasteiger partial charge in [-0.3, -0.25) is 4.79 Å². The zero-order valence-electron chi connectivity index (χ0n) is 13.4. The van der Waals surface area contributed by atoms with Crippen LogP contribution in [0.5, 0.6) is 0 Å². The van der Waals surface area contributed by atoms with Gasteiger partial charge in [0.2, 0.25) is 5.91 Å². The number of thioether (sulfide) groups is 1. The fourth-order valence-corrected chi connectivity index (χ4v) is 2.78. The summed E-state index contributed by atoms with van der Waals surface area (Å²) in [6.07, 6.45) is 4.05. The number of aromatic carboxylic acids is 1. The zero-order chi connectivity index (χ0) is 17.5. The molecule has 1 aromatic heterocycles. The predicted molar refractivity (Wildman–Crippen MR) is 96.4 cm³/mol. The van der Waals surface area contributed by atoms with Gasteiger partial charge in [-0.25, -0.2) is 4.79 Å². The molecule has 0 aliphatic heterocycles. The molecule has 24 heavy (non-hydrogen) atoms. The number of hydrogen-bond acceptors (Lipinski definition) is 4. The molecule has 128 valence electrons. The third kappa shape index (κ3) is 4.62. The molecule has 0 saturated carbocycles. The van der Waals surface area contributed by atoms with Crippen LogP contribution in [0.2, 0.25) is 0 Å². The maximum Gasteiger partial charge on any atom is 0.352 e. The molecule has 0 radical (unpaired) electrons. The van der Waals surface area contributed by atoms with Crippen LogP contribution in [-0.2, 0) is 11.3 Å². The second-order valence-electron chi connectivity index (χ2n) is 5.37. The van der Waals surface area contributed by atoms with Crippen LogP contribution in [0.3, 0.4) is 0 Å². The van der Waals surface area contributed by atoms with Gasteiger partial charge in [0.1, 0.15) is 5.69 Å². The third-order valence-electron chi connectivity index (χ3n) is 3.61. The number of H-pyrrole nitrogens is 1. The maximum absolute atomic E-state index is 12.8. The van der Waals surface area contributed by atoms with Gasteiger partial charge in [-0.05, 0) is 30.1 Å². The molecule has 1 heterocycles. The quantitative estimate of drug-likeness (QED) is 0.680. The number of nitrogens with two attached hydrogens (primary N) is 1. The number of rotatable bonds is 8. The maximum atomic E-state index is 12.8. The summed E-state index contributed by atoms with van der Waals surface area (Å²) >= 11 is 1.63. The van der Waals surface area contributed by atoms with Crippen molar-refractivity contribution in [3.05, 3.63) is 53.9 Å². The van der Waals surface area contributed by atoms with Gasteiger partial charge in [-0.1, -0.05) is 30.3 Å². The zero-order valence-corrected chi connectivity index (χ0v) is 14.3. The Morgan fingerprint density at radius 2 is 2.04 bits per heavy atom. The van der Waals surface area contributed by atoms with Gasteiger partial charge >= 0.3 is 5.97 Å². The topological polar surface area (TPSA) is 99.4 Å². The minimum Gasteiger partial charge on any atom is -0.477 e. The van der Waals surface area contributed by atoms with Crippen molar-refractivity contribution < 1.29 is 14.7 Å². The molecule has 0 saturated heterocycles. The summed E-state index contributed by atoms with van der Waals surface area (Å²) in [6.45, 7) is 0.337. The Morgan fingerprint density at radius 1 is 1.33 bits per heavy atom. The van der Waals surface area contributed by atoms with Gasteiger partial charge in [-0.15, -0.1) is 0 Å². The van der Waals surface area contributed by atoms with Crippen LogP contribution in [-0.4, -0.2) is 40.0 Å². The molecule has 0 aliphatic rings. The van der Waals surface area contributed by atoms with Gasteiger partial charge in [0, 0.05) is 6.20 Å². The average molecular weight is 347 g/mol. The van der Waals surface area contributed by atoms with E-state index in [9.17, 15) is 9.59 Å². The number of hydrogen-bond donors (Lipinski definition) is 3. The molecule has 2 aromatic rings. The number of aromatic nitrogens is 1. The van der Waals surface area contributed by atoms with Crippen molar-refractivity contribution in [2.45, 2.75) is 19.0 Å². The van der Waals surface area contributed by atoms with Gasteiger partial charge in [0.25, 0.3) is 0 Å². The van der Waals surface area contributed by atoms with Crippen molar-refractivity contribution in [3.63, 3.8) is 0 Å². The number of aromatic amines is 1. The number of anilines is 1. The van der Waals surface area contributed by atoms with Crippen molar-refractivity contribution in [1.29, 1.82) is 0 Å². The lowest BCUT2D eigenvalue weighted by atomic mass is 10.1. The first kappa shape index (κ1) is 18.1. The van der Waals surface area contributed by atoms with Gasteiger partial charge in [0.15, 0.2) is 0 Å². The SMILES string of the molecule is CSCC[C@H](N)C(=O)N(Cc1ccccc1)c1c[nH]c(C(=O)O)c1. The summed E-state index contributed by atoms with van der Waals surface area (Å²) in [5.41, 5.74) is 7.51. The Labute approximate surface area is 145 Å². The molecular weight excluding hydrogens is 326 g/mol. The number of carboxylic acids is 1. The minimum atomic E-state index is -1.07. The first-order chi connectivity index (χ1) is 11.5. The average Bonchev–Trinajstić information content (AvgIpc) is 3.08. The summed E-state index contributed by atoms with van der Waals surface area (Å²) in [5.74, 6) is -0.497. The Balaban J connectivity index is 2.26. The van der Waals surface area contributed by atoms with E-state index in [-0.39, 0.29) is 11.6 Å². The number of carbonyl (C=O) groups is 2. The molecule has 0 aliphatic carbocycles. The highest BCUT2D eigenvalue weighted by Gasteiger charge is 2.24. The summed E-state index contributed by atoms with van der Waals surface area (Å²) < 4.78 is 0. The molecule has 1 aromatic carbocycles. The van der Waals surface area contributed by atoms with Crippen molar-refractivity contribution in [3.8, 4) is 0 Å². The van der Waals surface area contributed by atoms with Crippen LogP contribution < -0.4 is 10.6 Å². The number of nitrogens with zero attached hydrogens (tertiary/aromatic N) is 1. The monoisotopic (exact) mass is 347 g/mol. The highest BCUT2D eigenvalue weighted by molar-refractivity contribution is 7.98. The molecule has 4 N–H and O–H groups in total. The second-order valence-corrected chi connectivity index (χ2v) is 6.36. The summed E-state index contributed by atoms with van der Waals surface area (Å²) in [7, 11) is 0. The lowest BCUT2D eigenvalue weighted by Gasteiger charge is -2.25. The van der Waals surface area contributed by atoms with Crippen molar-refractivity contribution >= 4 is 29.3 Å². The van der Waals surface area contributed by atoms with Gasteiger partial charge in [-0.2, -0.15) is 11.8 Å². The van der Waals surface area contributed by atoms with Crippen LogP contribution in [0, 0.1) is 0 Å². The van der Waals surface area contributed by atoms with E-state index in [1.165, 1.54) is 17.2 Å². The van der Waals surface area contributed by atoms with Crippen LogP contribution in [0.4, 0.5) is 5.69 Å². The highest BCUT2D eigenvalue weighted by Crippen LogP contribution is 2.20. The number of carboxylic acid groups (broad SMARTS) is 1. The molecule has 6 nitrogen and oxygen atoms in total. The van der Waals surface area contributed by atoms with E-state index >= 15 is 0 Å². The Hall–Kier alpha value is -2.25. The highest BCUT2D eigenvalue weighted by atomic mass is 32.2. The smallest absolute Gasteiger partial charge is 0.352 e. The molecule has 0 unspecified atom stereocenters. The number of benzene rings is 1. The van der Waals surface area contributed by atoms with E-state index in [4.69, 9.17) is 10.8 Å². The number of nitrogens with one attached hydrogen (secondary N) is 1. The van der Waals surface area contributed by atoms with Crippen LogP contribution in [0.25, 0.3) is 0 Å². The normalized spacial score (nSPS) is 11.9. The second kappa shape index (κ2) is 8.56. The Bertz CT molecular complexity index is 687. The molecule has 0 bridgehead atoms. The first-order valence-corrected chi connectivity index (χ1v) is 8.94. The molecule has 1 atom stereocenters. The molecule has 7 heteroatoms. The van der Waals surface area contributed by atoms with E-state index in [0.29, 0.717) is 18.7 Å². The summed E-state index contributed by atoms with van der Waals surface area (Å²) in [6, 6.07) is 10.3. The van der Waals surface area contributed by atoms with E-state index < -0.39 is 12.0 Å². The molecule has 2 rings (SSSR count). The molecule has 0 fully saturated rings. The van der Waals surface area contributed by atoms with Crippen molar-refractivity contribution in [2.75, 3.05) is 16.9 Å². The fraction of sp³-hybridized carbons (Fsp3) is 0.294. The first-order valence-electron chi connectivity index (χ1n) is 7.54. The predicted octanol–water partition coefficient (Wildman–Crippen LogP) is 2.33. The van der Waals surface area contributed by atoms with Crippen LogP contribution >= 0.6 is 11.8 Å². The van der Waals surface area contributed by atoms with Crippen LogP contribution in [0.1, 0.15) is 22.5 Å². The van der Waals surface area contributed by atoms with E-state index in [1.54, 1.807) is 11.8 Å². The van der Waals surface area contributed by atoms with Crippen LogP contribution in [0.15, 0.2) is 42.6 Å². The van der Waals surface area contributed by atoms with E-state index in [1.807, 2.05) is 36.6 Å². The standard InChI is InChI=1S/C17H21N3O3S/c1-24-8-7-14(18)16(21)20(11-12-5-3-2-4-6-12)13-9-15(17(22)23)19-10-13/h2-6,9-10,14,19H,7-8,11,18H2,1H3,(H,22,23)/t14-/m0/s1. The fourth-order valence-electron chi connectivity index (χ4n) is 2.29. The number of carbonyl (C=O) groups excluding carboxylic acids is 1. The summed E-state index contributed by atoms with van der Waals surface area (Å²) in [5, 5.41) is 9.07. The van der Waals surface area contributed by atoms with Crippen molar-refractivity contribution in [2.24, 2.45) is 5.73 Å². The minimum absolute atomic E-state index is 0.0357. The summed E-state index contributed by atoms with van der Waals surface area (Å²) in [4.78, 5) is 28.0. The Kier molecular flexibility index (Phi) is 6.45. The molecule has 0 spiro atoms. The van der Waals surface area contributed by atoms with Gasteiger partial charge in [0.05, 0.1) is 18.3 Å². The van der Waals surface area contributed by atoms with Crippen molar-refractivity contribution in [1.82, 2.24) is 4.98 Å². The van der Waals surface area contributed by atoms with Gasteiger partial charge < -0.3 is 20.7 Å². The third-order valence-corrected chi connectivity index (χ3v) is 4.25. The molecule has 1 amide bonds. The van der Waals surface area contributed by atoms with E-state index in [0.717, 1.165) is 11.3 Å². The Morgan fingerprint density at radius 3 is 2.62 bits per heavy atom. The lowest BCUT2D eigenvalue weighted by molar-refractivity contribution is -0.120. The lowest BCUT2D eigenvalue weighted by Crippen LogP contribution is -2.43. The molecular formula is C17H21N3O3S. The number of amides is 1.